The molecule has 37 heavy (non-hydrogen) atoms. The van der Waals surface area contributed by atoms with Gasteiger partial charge in [-0.25, -0.2) is 5.43 Å². The van der Waals surface area contributed by atoms with Crippen molar-refractivity contribution >= 4 is 23.8 Å². The van der Waals surface area contributed by atoms with Gasteiger partial charge in [-0.1, -0.05) is 6.07 Å². The number of non-ortho nitro benzene ring substituents is 1. The number of aromatic hydroxyl groups is 1. The number of alkyl halides is 3. The first-order chi connectivity index (χ1) is 17.7. The number of hydrazone groups is 1. The number of phenolic OH excluding ortho intramolecular Hbond substituents is 1. The highest BCUT2D eigenvalue weighted by Gasteiger charge is 2.31. The molecule has 1 aliphatic heterocycles. The molecule has 2 N–H and O–H groups in total. The van der Waals surface area contributed by atoms with Gasteiger partial charge in [0.1, 0.15) is 5.75 Å². The van der Waals surface area contributed by atoms with Gasteiger partial charge in [0.15, 0.2) is 6.61 Å². The maximum absolute atomic E-state index is 12.8. The third-order valence-electron chi connectivity index (χ3n) is 5.35. The second-order valence-electron chi connectivity index (χ2n) is 7.98. The monoisotopic (exact) mass is 518 g/mol. The number of rotatable bonds is 8. The average molecular weight is 518 g/mol. The van der Waals surface area contributed by atoms with Crippen LogP contribution in [-0.2, 0) is 0 Å². The molecule has 1 atom stereocenters. The van der Waals surface area contributed by atoms with Crippen molar-refractivity contribution in [2.75, 3.05) is 23.5 Å². The van der Waals surface area contributed by atoms with Crippen molar-refractivity contribution in [3.63, 3.8) is 0 Å². The number of ether oxygens (including phenoxy) is 1. The summed E-state index contributed by atoms with van der Waals surface area (Å²) in [5.74, 6) is -0.430. The van der Waals surface area contributed by atoms with Gasteiger partial charge < -0.3 is 14.7 Å². The first-order valence-corrected chi connectivity index (χ1v) is 11.1. The molecule has 15 heteroatoms. The van der Waals surface area contributed by atoms with Crippen LogP contribution in [0.2, 0.25) is 0 Å². The smallest absolute Gasteiger partial charge is 0.422 e. The van der Waals surface area contributed by atoms with E-state index in [0.29, 0.717) is 6.54 Å². The molecule has 0 bridgehead atoms. The van der Waals surface area contributed by atoms with Crippen molar-refractivity contribution in [2.45, 2.75) is 31.5 Å². The van der Waals surface area contributed by atoms with Crippen LogP contribution in [-0.4, -0.2) is 55.5 Å². The van der Waals surface area contributed by atoms with Crippen LogP contribution in [0.4, 0.5) is 30.8 Å². The van der Waals surface area contributed by atoms with Crippen molar-refractivity contribution in [3.8, 4) is 11.8 Å². The van der Waals surface area contributed by atoms with E-state index in [-0.39, 0.29) is 34.9 Å². The second kappa shape index (κ2) is 11.0. The van der Waals surface area contributed by atoms with Gasteiger partial charge >= 0.3 is 12.2 Å². The molecule has 3 aromatic rings. The maximum Gasteiger partial charge on any atom is 0.422 e. The van der Waals surface area contributed by atoms with Gasteiger partial charge in [-0.05, 0) is 37.5 Å². The summed E-state index contributed by atoms with van der Waals surface area (Å²) in [5, 5.41) is 24.8. The third-order valence-corrected chi connectivity index (χ3v) is 5.35. The van der Waals surface area contributed by atoms with E-state index in [1.54, 1.807) is 12.3 Å². The topological polar surface area (TPSA) is 152 Å². The van der Waals surface area contributed by atoms with E-state index in [2.05, 4.69) is 30.5 Å². The van der Waals surface area contributed by atoms with E-state index in [1.807, 2.05) is 17.0 Å². The number of hydrogen-bond acceptors (Lipinski definition) is 11. The van der Waals surface area contributed by atoms with Gasteiger partial charge in [0.2, 0.25) is 5.95 Å². The maximum atomic E-state index is 12.8. The van der Waals surface area contributed by atoms with E-state index in [0.717, 1.165) is 49.4 Å². The first-order valence-electron chi connectivity index (χ1n) is 11.1. The third kappa shape index (κ3) is 6.77. The molecule has 0 aliphatic carbocycles. The minimum atomic E-state index is -4.61. The summed E-state index contributed by atoms with van der Waals surface area (Å²) in [4.78, 5) is 28.8. The van der Waals surface area contributed by atoms with Crippen molar-refractivity contribution in [1.82, 2.24) is 19.9 Å². The number of nitro benzene ring substituents is 1. The highest BCUT2D eigenvalue weighted by molar-refractivity contribution is 5.84. The van der Waals surface area contributed by atoms with Crippen LogP contribution in [0.5, 0.6) is 11.8 Å². The molecule has 0 spiro atoms. The van der Waals surface area contributed by atoms with E-state index >= 15 is 0 Å². The first kappa shape index (κ1) is 25.5. The van der Waals surface area contributed by atoms with E-state index < -0.39 is 23.7 Å². The standard InChI is InChI=1S/C22H21F3N8O4/c23-22(24,25)13-37-21-29-19(31-27-12-14-11-15(33(35)36)7-8-18(14)34)28-20(30-21)32-10-4-2-6-17(32)16-5-1-3-9-26-16/h1,3,5,7-9,11-12,17,34H,2,4,6,10,13H2,(H,28,29,30,31)/b27-12+/t17-/m1/s1. The van der Waals surface area contributed by atoms with Gasteiger partial charge in [-0.3, -0.25) is 15.1 Å². The zero-order chi connectivity index (χ0) is 26.4. The lowest BCUT2D eigenvalue weighted by atomic mass is 9.99. The number of nitrogens with zero attached hydrogens (tertiary/aromatic N) is 7. The molecule has 0 saturated carbocycles. The number of phenols is 1. The number of anilines is 2. The van der Waals surface area contributed by atoms with Crippen LogP contribution < -0.4 is 15.1 Å². The molecule has 2 aromatic heterocycles. The molecule has 12 nitrogen and oxygen atoms in total. The van der Waals surface area contributed by atoms with Crippen LogP contribution in [0, 0.1) is 10.1 Å². The summed E-state index contributed by atoms with van der Waals surface area (Å²) in [7, 11) is 0. The van der Waals surface area contributed by atoms with Crippen LogP contribution in [0.3, 0.4) is 0 Å². The Morgan fingerprint density at radius 2 is 2.08 bits per heavy atom. The summed E-state index contributed by atoms with van der Waals surface area (Å²) in [5.41, 5.74) is 2.98. The summed E-state index contributed by atoms with van der Waals surface area (Å²) in [6, 6.07) is 8.04. The molecule has 1 aromatic carbocycles. The van der Waals surface area contributed by atoms with Gasteiger partial charge in [0.25, 0.3) is 11.6 Å². The van der Waals surface area contributed by atoms with Crippen molar-refractivity contribution in [1.29, 1.82) is 0 Å². The van der Waals surface area contributed by atoms with Crippen molar-refractivity contribution in [2.24, 2.45) is 5.10 Å². The number of nitrogens with one attached hydrogen (secondary N) is 1. The summed E-state index contributed by atoms with van der Waals surface area (Å²) < 4.78 is 43.1. The Morgan fingerprint density at radius 3 is 2.81 bits per heavy atom. The Hall–Kier alpha value is -4.56. The largest absolute Gasteiger partial charge is 0.507 e. The van der Waals surface area contributed by atoms with E-state index in [9.17, 15) is 28.4 Å². The van der Waals surface area contributed by atoms with Gasteiger partial charge in [-0.15, -0.1) is 0 Å². The Labute approximate surface area is 208 Å². The molecule has 194 valence electrons. The zero-order valence-electron chi connectivity index (χ0n) is 19.2. The van der Waals surface area contributed by atoms with Gasteiger partial charge in [0.05, 0.1) is 22.9 Å². The fourth-order valence-electron chi connectivity index (χ4n) is 3.71. The quantitative estimate of drug-likeness (QED) is 0.254. The van der Waals surface area contributed by atoms with E-state index in [4.69, 9.17) is 4.74 Å². The van der Waals surface area contributed by atoms with Gasteiger partial charge in [0, 0.05) is 30.4 Å². The molecule has 4 rings (SSSR count). The predicted octanol–water partition coefficient (Wildman–Crippen LogP) is 4.00. The number of hydrogen-bond donors (Lipinski definition) is 2. The number of aromatic nitrogens is 4. The van der Waals surface area contributed by atoms with Crippen molar-refractivity contribution < 1.29 is 27.9 Å². The minimum Gasteiger partial charge on any atom is -0.507 e. The molecule has 0 radical (unpaired) electrons. The molecule has 1 fully saturated rings. The van der Waals surface area contributed by atoms with E-state index in [1.165, 1.54) is 0 Å². The lowest BCUT2D eigenvalue weighted by Gasteiger charge is -2.35. The molecular weight excluding hydrogens is 497 g/mol. The molecular formula is C22H21F3N8O4. The predicted molar refractivity (Wildman–Crippen MR) is 126 cm³/mol. The minimum absolute atomic E-state index is 0.0239. The van der Waals surface area contributed by atoms with Crippen LogP contribution in [0.15, 0.2) is 47.7 Å². The van der Waals surface area contributed by atoms with Crippen LogP contribution >= 0.6 is 0 Å². The molecule has 1 aliphatic rings. The Bertz CT molecular complexity index is 1280. The molecule has 1 saturated heterocycles. The molecule has 0 unspecified atom stereocenters. The van der Waals surface area contributed by atoms with Crippen molar-refractivity contribution in [3.05, 3.63) is 64.0 Å². The number of piperidine rings is 1. The lowest BCUT2D eigenvalue weighted by Crippen LogP contribution is -2.35. The molecule has 0 amide bonds. The second-order valence-corrected chi connectivity index (χ2v) is 7.98. The zero-order valence-corrected chi connectivity index (χ0v) is 19.2. The lowest BCUT2D eigenvalue weighted by molar-refractivity contribution is -0.384. The fraction of sp³-hybridized carbons (Fsp3) is 0.318. The summed E-state index contributed by atoms with van der Waals surface area (Å²) >= 11 is 0. The Kier molecular flexibility index (Phi) is 7.60. The Balaban J connectivity index is 1.63. The van der Waals surface area contributed by atoms with Crippen LogP contribution in [0.25, 0.3) is 0 Å². The van der Waals surface area contributed by atoms with Gasteiger partial charge in [-0.2, -0.15) is 33.2 Å². The molecule has 3 heterocycles. The highest BCUT2D eigenvalue weighted by atomic mass is 19.4. The number of benzene rings is 1. The average Bonchev–Trinajstić information content (AvgIpc) is 2.88. The fourth-order valence-corrected chi connectivity index (χ4v) is 3.71. The SMILES string of the molecule is O=[N+]([O-])c1ccc(O)c(/C=N/Nc2nc(OCC(F)(F)F)nc(N3CCCC[C@@H]3c3ccccn3)n2)c1. The normalized spacial score (nSPS) is 16.1. The number of nitro groups is 1. The summed E-state index contributed by atoms with van der Waals surface area (Å²) in [6.45, 7) is -1.08. The Morgan fingerprint density at radius 1 is 1.24 bits per heavy atom. The van der Waals surface area contributed by atoms with Crippen LogP contribution in [0.1, 0.15) is 36.6 Å². The number of halogens is 3. The number of pyridine rings is 1. The summed E-state index contributed by atoms with van der Waals surface area (Å²) in [6.07, 6.45) is 0.579. The highest BCUT2D eigenvalue weighted by Crippen LogP contribution is 2.33.